The summed E-state index contributed by atoms with van der Waals surface area (Å²) < 4.78 is 28.3. The summed E-state index contributed by atoms with van der Waals surface area (Å²) in [6.07, 6.45) is 3.25. The maximum absolute atomic E-state index is 14.4. The number of rotatable bonds is 14. The van der Waals surface area contributed by atoms with E-state index in [0.717, 1.165) is 18.2 Å². The number of primary amides is 2. The van der Waals surface area contributed by atoms with Gasteiger partial charge in [0.05, 0.1) is 17.6 Å². The van der Waals surface area contributed by atoms with Gasteiger partial charge in [0.2, 0.25) is 17.7 Å². The molecule has 2 unspecified atom stereocenters. The number of aliphatic hydroxyl groups excluding tert-OH is 1. The predicted molar refractivity (Wildman–Crippen MR) is 141 cm³/mol. The summed E-state index contributed by atoms with van der Waals surface area (Å²) in [5, 5.41) is 14.4. The molecule has 1 aromatic rings. The highest BCUT2D eigenvalue weighted by molar-refractivity contribution is 5.96. The van der Waals surface area contributed by atoms with Crippen LogP contribution in [0.3, 0.4) is 0 Å². The molecule has 0 aliphatic heterocycles. The van der Waals surface area contributed by atoms with Gasteiger partial charge in [0, 0.05) is 37.2 Å². The quantitative estimate of drug-likeness (QED) is 0.290. The average Bonchev–Trinajstić information content (AvgIpc) is 2.83. The zero-order chi connectivity index (χ0) is 28.6. The molecule has 0 aromatic heterocycles. The van der Waals surface area contributed by atoms with Crippen LogP contribution in [0.5, 0.6) is 0 Å². The van der Waals surface area contributed by atoms with Gasteiger partial charge in [-0.05, 0) is 57.2 Å². The Bertz CT molecular complexity index is 1060. The molecule has 0 spiro atoms. The average molecular weight is 535 g/mol. The third kappa shape index (κ3) is 7.70. The summed E-state index contributed by atoms with van der Waals surface area (Å²) >= 11 is 0. The number of nitrogens with two attached hydrogens (primary N) is 2. The maximum Gasteiger partial charge on any atom is 0.244 e. The first-order valence-electron chi connectivity index (χ1n) is 13.0. The van der Waals surface area contributed by atoms with E-state index >= 15 is 0 Å². The van der Waals surface area contributed by atoms with Crippen molar-refractivity contribution >= 4 is 17.7 Å². The van der Waals surface area contributed by atoms with Crippen molar-refractivity contribution < 1.29 is 28.3 Å². The Balaban J connectivity index is 2.71. The molecule has 0 saturated heterocycles. The van der Waals surface area contributed by atoms with Crippen LogP contribution in [0.4, 0.5) is 8.78 Å². The fourth-order valence-electron chi connectivity index (χ4n) is 5.17. The van der Waals surface area contributed by atoms with Crippen molar-refractivity contribution in [3.8, 4) is 0 Å². The maximum atomic E-state index is 14.4. The summed E-state index contributed by atoms with van der Waals surface area (Å²) in [6.45, 7) is 7.91. The summed E-state index contributed by atoms with van der Waals surface area (Å²) in [5.41, 5.74) is 10.6. The second kappa shape index (κ2) is 13.6. The van der Waals surface area contributed by atoms with E-state index in [9.17, 15) is 28.3 Å². The van der Waals surface area contributed by atoms with E-state index < -0.39 is 46.9 Å². The van der Waals surface area contributed by atoms with Gasteiger partial charge in [-0.1, -0.05) is 31.6 Å². The number of carbonyl (C=O) groups is 3. The SMILES string of the molecule is CCCN(CCC)C(=O)C1([C@H](Cc2cc(F)cc(F)c2)[C@@H](O)CNC(C)C(N)=O)C=C(C)C=C(C(N)=O)C1. The number of aliphatic hydroxyl groups is 1. The van der Waals surface area contributed by atoms with Crippen LogP contribution < -0.4 is 16.8 Å². The van der Waals surface area contributed by atoms with E-state index in [2.05, 4.69) is 5.32 Å². The fraction of sp³-hybridized carbons (Fsp3) is 0.536. The molecule has 0 fully saturated rings. The van der Waals surface area contributed by atoms with Crippen LogP contribution in [-0.2, 0) is 20.8 Å². The molecule has 1 aliphatic rings. The fourth-order valence-corrected chi connectivity index (χ4v) is 5.17. The van der Waals surface area contributed by atoms with E-state index in [4.69, 9.17) is 11.5 Å². The minimum Gasteiger partial charge on any atom is -0.391 e. The predicted octanol–water partition coefficient (Wildman–Crippen LogP) is 2.34. The lowest BCUT2D eigenvalue weighted by Gasteiger charge is -2.45. The molecule has 210 valence electrons. The highest BCUT2D eigenvalue weighted by atomic mass is 19.1. The lowest BCUT2D eigenvalue weighted by molar-refractivity contribution is -0.145. The number of nitrogens with one attached hydrogen (secondary N) is 1. The van der Waals surface area contributed by atoms with Gasteiger partial charge in [0.15, 0.2) is 0 Å². The van der Waals surface area contributed by atoms with Crippen molar-refractivity contribution in [3.63, 3.8) is 0 Å². The number of hydrogen-bond acceptors (Lipinski definition) is 5. The number of carbonyl (C=O) groups excluding carboxylic acids is 3. The van der Waals surface area contributed by atoms with Crippen molar-refractivity contribution in [3.05, 3.63) is 58.7 Å². The molecule has 4 atom stereocenters. The summed E-state index contributed by atoms with van der Waals surface area (Å²) in [5.74, 6) is -4.16. The molecule has 0 bridgehead atoms. The molecule has 38 heavy (non-hydrogen) atoms. The van der Waals surface area contributed by atoms with Gasteiger partial charge < -0.3 is 26.8 Å². The van der Waals surface area contributed by atoms with Crippen LogP contribution in [0.25, 0.3) is 0 Å². The van der Waals surface area contributed by atoms with Crippen molar-refractivity contribution in [1.29, 1.82) is 0 Å². The molecule has 0 saturated carbocycles. The smallest absolute Gasteiger partial charge is 0.244 e. The van der Waals surface area contributed by atoms with Gasteiger partial charge in [-0.25, -0.2) is 8.78 Å². The van der Waals surface area contributed by atoms with Gasteiger partial charge in [0.25, 0.3) is 0 Å². The van der Waals surface area contributed by atoms with Crippen molar-refractivity contribution in [2.45, 2.75) is 65.5 Å². The number of allylic oxidation sites excluding steroid dienone is 2. The van der Waals surface area contributed by atoms with Crippen LogP contribution in [-0.4, -0.2) is 59.5 Å². The number of benzene rings is 1. The normalized spacial score (nSPS) is 19.7. The van der Waals surface area contributed by atoms with Crippen LogP contribution in [0.15, 0.2) is 41.5 Å². The van der Waals surface area contributed by atoms with Gasteiger partial charge in [-0.3, -0.25) is 14.4 Å². The Morgan fingerprint density at radius 1 is 1.11 bits per heavy atom. The Morgan fingerprint density at radius 3 is 2.18 bits per heavy atom. The highest BCUT2D eigenvalue weighted by Gasteiger charge is 2.50. The molecule has 1 aromatic carbocycles. The lowest BCUT2D eigenvalue weighted by Crippen LogP contribution is -2.55. The number of amides is 3. The Morgan fingerprint density at radius 2 is 1.68 bits per heavy atom. The molecule has 2 rings (SSSR count). The van der Waals surface area contributed by atoms with Gasteiger partial charge >= 0.3 is 0 Å². The van der Waals surface area contributed by atoms with Crippen molar-refractivity contribution in [1.82, 2.24) is 10.2 Å². The Hall–Kier alpha value is -3.11. The monoisotopic (exact) mass is 534 g/mol. The second-order valence-corrected chi connectivity index (χ2v) is 10.1. The zero-order valence-corrected chi connectivity index (χ0v) is 22.6. The van der Waals surface area contributed by atoms with Crippen LogP contribution in [0, 0.1) is 23.0 Å². The second-order valence-electron chi connectivity index (χ2n) is 10.1. The molecule has 10 heteroatoms. The summed E-state index contributed by atoms with van der Waals surface area (Å²) in [7, 11) is 0. The van der Waals surface area contributed by atoms with Crippen LogP contribution >= 0.6 is 0 Å². The number of nitrogens with zero attached hydrogens (tertiary/aromatic N) is 1. The molecule has 1 aliphatic carbocycles. The van der Waals surface area contributed by atoms with Crippen LogP contribution in [0.1, 0.15) is 52.5 Å². The molecule has 0 radical (unpaired) electrons. The summed E-state index contributed by atoms with van der Waals surface area (Å²) in [4.78, 5) is 40.0. The minimum atomic E-state index is -1.45. The minimum absolute atomic E-state index is 0.0872. The first-order chi connectivity index (χ1) is 17.8. The Labute approximate surface area is 223 Å². The van der Waals surface area contributed by atoms with Crippen molar-refractivity contribution in [2.24, 2.45) is 22.8 Å². The molecule has 3 amide bonds. The van der Waals surface area contributed by atoms with Crippen LogP contribution in [0.2, 0.25) is 0 Å². The topological polar surface area (TPSA) is 139 Å². The van der Waals surface area contributed by atoms with E-state index in [1.165, 1.54) is 6.92 Å². The standard InChI is InChI=1S/C28H40F2N4O4/c1-5-7-34(8-6-2)27(38)28(14-17(3)9-20(15-28)26(32)37)23(24(35)16-33-18(4)25(31)36)12-19-10-21(29)13-22(30)11-19/h9-11,13-14,18,23-24,33,35H,5-8,12,15-16H2,1-4H3,(H2,31,36)(H2,32,37)/t18?,23-,24+,28?/m1/s1. The van der Waals surface area contributed by atoms with E-state index in [0.29, 0.717) is 31.5 Å². The first kappa shape index (κ1) is 31.1. The first-order valence-corrected chi connectivity index (χ1v) is 13.0. The largest absolute Gasteiger partial charge is 0.391 e. The molecular weight excluding hydrogens is 494 g/mol. The van der Waals surface area contributed by atoms with E-state index in [-0.39, 0.29) is 36.4 Å². The third-order valence-corrected chi connectivity index (χ3v) is 6.92. The Kier molecular flexibility index (Phi) is 11.1. The molecule has 6 N–H and O–H groups in total. The van der Waals surface area contributed by atoms with Gasteiger partial charge in [0.1, 0.15) is 11.6 Å². The number of halogens is 2. The molecular formula is C28H40F2N4O4. The van der Waals surface area contributed by atoms with E-state index in [1.54, 1.807) is 24.0 Å². The third-order valence-electron chi connectivity index (χ3n) is 6.92. The van der Waals surface area contributed by atoms with E-state index in [1.807, 2.05) is 13.8 Å². The number of hydrogen-bond donors (Lipinski definition) is 4. The van der Waals surface area contributed by atoms with Gasteiger partial charge in [-0.15, -0.1) is 0 Å². The van der Waals surface area contributed by atoms with Crippen molar-refractivity contribution in [2.75, 3.05) is 19.6 Å². The highest BCUT2D eigenvalue weighted by Crippen LogP contribution is 2.45. The molecule has 8 nitrogen and oxygen atoms in total. The lowest BCUT2D eigenvalue weighted by atomic mass is 9.63. The zero-order valence-electron chi connectivity index (χ0n) is 22.6. The summed E-state index contributed by atoms with van der Waals surface area (Å²) in [6, 6.07) is 2.28. The molecule has 0 heterocycles. The van der Waals surface area contributed by atoms with Gasteiger partial charge in [-0.2, -0.15) is 0 Å².